The van der Waals surface area contributed by atoms with Crippen molar-refractivity contribution in [2.45, 2.75) is 25.4 Å². The summed E-state index contributed by atoms with van der Waals surface area (Å²) < 4.78 is 5.11. The number of nitrogens with zero attached hydrogens (tertiary/aromatic N) is 1. The second-order valence-electron chi connectivity index (χ2n) is 5.60. The minimum atomic E-state index is -1.11. The first kappa shape index (κ1) is 16.8. The van der Waals surface area contributed by atoms with Crippen LogP contribution in [-0.4, -0.2) is 48.0 Å². The Kier molecular flexibility index (Phi) is 4.88. The van der Waals surface area contributed by atoms with Crippen LogP contribution in [0.4, 0.5) is 0 Å². The van der Waals surface area contributed by atoms with E-state index in [2.05, 4.69) is 5.32 Å². The highest BCUT2D eigenvalue weighted by Gasteiger charge is 2.43. The standard InChI is InChI=1S/C16H20N2O5/c1-9(16(21)22)17-15(20)12-8-13(19)18(2)14(12)10-4-6-11(23-3)7-5-10/h4-7,9,12,14H,8H2,1-3H3,(H,17,20)(H,21,22)/t9-,12+,14+/m0/s1. The number of aliphatic carboxylic acids is 1. The number of nitrogens with one attached hydrogen (secondary N) is 1. The lowest BCUT2D eigenvalue weighted by Crippen LogP contribution is -2.43. The number of amides is 2. The van der Waals surface area contributed by atoms with E-state index in [4.69, 9.17) is 9.84 Å². The van der Waals surface area contributed by atoms with E-state index < -0.39 is 29.9 Å². The molecule has 7 nitrogen and oxygen atoms in total. The molecule has 0 spiro atoms. The Morgan fingerprint density at radius 3 is 2.48 bits per heavy atom. The number of carboxylic acids is 1. The van der Waals surface area contributed by atoms with Crippen LogP contribution in [0, 0.1) is 5.92 Å². The number of methoxy groups -OCH3 is 1. The molecule has 1 aliphatic rings. The van der Waals surface area contributed by atoms with Gasteiger partial charge < -0.3 is 20.1 Å². The molecule has 3 atom stereocenters. The Bertz CT molecular complexity index is 613. The molecule has 0 saturated carbocycles. The van der Waals surface area contributed by atoms with Crippen molar-refractivity contribution in [3.63, 3.8) is 0 Å². The quantitative estimate of drug-likeness (QED) is 0.837. The summed E-state index contributed by atoms with van der Waals surface area (Å²) in [5.41, 5.74) is 0.808. The molecule has 0 aromatic heterocycles. The SMILES string of the molecule is COc1ccc([C@@H]2[C@H](C(=O)N[C@@H](C)C(=O)O)CC(=O)N2C)cc1. The molecule has 23 heavy (non-hydrogen) atoms. The van der Waals surface area contributed by atoms with Crippen LogP contribution in [0.3, 0.4) is 0 Å². The zero-order valence-electron chi connectivity index (χ0n) is 13.3. The highest BCUT2D eigenvalue weighted by Crippen LogP contribution is 2.37. The van der Waals surface area contributed by atoms with Crippen LogP contribution in [0.1, 0.15) is 24.9 Å². The molecule has 2 N–H and O–H groups in total. The van der Waals surface area contributed by atoms with Crippen molar-refractivity contribution >= 4 is 17.8 Å². The van der Waals surface area contributed by atoms with Crippen molar-refractivity contribution < 1.29 is 24.2 Å². The summed E-state index contributed by atoms with van der Waals surface area (Å²) in [5, 5.41) is 11.4. The summed E-state index contributed by atoms with van der Waals surface area (Å²) in [6.45, 7) is 1.39. The molecule has 2 amide bonds. The van der Waals surface area contributed by atoms with Gasteiger partial charge in [0, 0.05) is 13.5 Å². The maximum absolute atomic E-state index is 12.4. The van der Waals surface area contributed by atoms with Crippen LogP contribution in [0.15, 0.2) is 24.3 Å². The molecule has 2 rings (SSSR count). The summed E-state index contributed by atoms with van der Waals surface area (Å²) in [7, 11) is 3.20. The molecule has 1 aromatic carbocycles. The van der Waals surface area contributed by atoms with E-state index in [1.54, 1.807) is 38.4 Å². The number of hydrogen-bond donors (Lipinski definition) is 2. The summed E-state index contributed by atoms with van der Waals surface area (Å²) in [6.07, 6.45) is 0.0609. The maximum atomic E-state index is 12.4. The molecular weight excluding hydrogens is 300 g/mol. The first-order chi connectivity index (χ1) is 10.8. The van der Waals surface area contributed by atoms with Crippen molar-refractivity contribution in [3.8, 4) is 5.75 Å². The molecule has 0 bridgehead atoms. The minimum Gasteiger partial charge on any atom is -0.497 e. The smallest absolute Gasteiger partial charge is 0.325 e. The summed E-state index contributed by atoms with van der Waals surface area (Å²) in [4.78, 5) is 36.8. The van der Waals surface area contributed by atoms with Crippen LogP contribution in [0.2, 0.25) is 0 Å². The second kappa shape index (κ2) is 6.68. The Labute approximate surface area is 134 Å². The van der Waals surface area contributed by atoms with Gasteiger partial charge in [-0.25, -0.2) is 0 Å². The number of carboxylic acid groups (broad SMARTS) is 1. The van der Waals surface area contributed by atoms with Crippen molar-refractivity contribution in [1.82, 2.24) is 10.2 Å². The minimum absolute atomic E-state index is 0.0609. The van der Waals surface area contributed by atoms with Gasteiger partial charge in [0.15, 0.2) is 0 Å². The van der Waals surface area contributed by atoms with Gasteiger partial charge in [-0.3, -0.25) is 14.4 Å². The summed E-state index contributed by atoms with van der Waals surface area (Å²) >= 11 is 0. The van der Waals surface area contributed by atoms with Gasteiger partial charge in [0.1, 0.15) is 11.8 Å². The van der Waals surface area contributed by atoms with Gasteiger partial charge in [-0.05, 0) is 24.6 Å². The number of benzene rings is 1. The van der Waals surface area contributed by atoms with Crippen LogP contribution in [-0.2, 0) is 14.4 Å². The van der Waals surface area contributed by atoms with E-state index in [1.165, 1.54) is 11.8 Å². The molecule has 1 aromatic rings. The van der Waals surface area contributed by atoms with Gasteiger partial charge in [0.2, 0.25) is 11.8 Å². The number of hydrogen-bond acceptors (Lipinski definition) is 4. The monoisotopic (exact) mass is 320 g/mol. The van der Waals surface area contributed by atoms with E-state index in [9.17, 15) is 14.4 Å². The van der Waals surface area contributed by atoms with Gasteiger partial charge in [-0.2, -0.15) is 0 Å². The highest BCUT2D eigenvalue weighted by atomic mass is 16.5. The van der Waals surface area contributed by atoms with Crippen LogP contribution < -0.4 is 10.1 Å². The van der Waals surface area contributed by atoms with Gasteiger partial charge in [-0.15, -0.1) is 0 Å². The third kappa shape index (κ3) is 3.44. The predicted octanol–water partition coefficient (Wildman–Crippen LogP) is 0.804. The molecule has 1 saturated heterocycles. The normalized spacial score (nSPS) is 21.9. The Morgan fingerprint density at radius 1 is 1.35 bits per heavy atom. The van der Waals surface area contributed by atoms with Crippen molar-refractivity contribution in [3.05, 3.63) is 29.8 Å². The lowest BCUT2D eigenvalue weighted by atomic mass is 9.92. The van der Waals surface area contributed by atoms with Gasteiger partial charge in [0.25, 0.3) is 0 Å². The van der Waals surface area contributed by atoms with E-state index in [0.717, 1.165) is 5.56 Å². The number of likely N-dealkylation sites (tertiary alicyclic amines) is 1. The number of carbonyl (C=O) groups is 3. The van der Waals surface area contributed by atoms with Crippen LogP contribution in [0.25, 0.3) is 0 Å². The maximum Gasteiger partial charge on any atom is 0.325 e. The average molecular weight is 320 g/mol. The fourth-order valence-corrected chi connectivity index (χ4v) is 2.74. The molecule has 0 aliphatic carbocycles. The first-order valence-corrected chi connectivity index (χ1v) is 7.28. The Hall–Kier alpha value is -2.57. The lowest BCUT2D eigenvalue weighted by molar-refractivity contribution is -0.142. The van der Waals surface area contributed by atoms with E-state index in [-0.39, 0.29) is 12.3 Å². The second-order valence-corrected chi connectivity index (χ2v) is 5.60. The molecule has 7 heteroatoms. The molecule has 0 radical (unpaired) electrons. The van der Waals surface area contributed by atoms with Gasteiger partial charge in [-0.1, -0.05) is 12.1 Å². The van der Waals surface area contributed by atoms with Crippen LogP contribution >= 0.6 is 0 Å². The molecule has 1 heterocycles. The molecule has 1 fully saturated rings. The molecular formula is C16H20N2O5. The van der Waals surface area contributed by atoms with E-state index in [1.807, 2.05) is 0 Å². The van der Waals surface area contributed by atoms with Crippen molar-refractivity contribution in [2.75, 3.05) is 14.2 Å². The fourth-order valence-electron chi connectivity index (χ4n) is 2.74. The zero-order chi connectivity index (χ0) is 17.1. The average Bonchev–Trinajstić information content (AvgIpc) is 2.83. The molecule has 0 unspecified atom stereocenters. The topological polar surface area (TPSA) is 95.9 Å². The predicted molar refractivity (Wildman–Crippen MR) is 81.9 cm³/mol. The van der Waals surface area contributed by atoms with E-state index in [0.29, 0.717) is 5.75 Å². The third-order valence-corrected chi connectivity index (χ3v) is 4.11. The van der Waals surface area contributed by atoms with Crippen molar-refractivity contribution in [1.29, 1.82) is 0 Å². The molecule has 124 valence electrons. The highest BCUT2D eigenvalue weighted by molar-refractivity contribution is 5.92. The number of carbonyl (C=O) groups excluding carboxylic acids is 2. The third-order valence-electron chi connectivity index (χ3n) is 4.11. The fraction of sp³-hybridized carbons (Fsp3) is 0.438. The summed E-state index contributed by atoms with van der Waals surface area (Å²) in [5.74, 6) is -1.63. The van der Waals surface area contributed by atoms with Gasteiger partial charge >= 0.3 is 5.97 Å². The Balaban J connectivity index is 2.24. The molecule has 1 aliphatic heterocycles. The largest absolute Gasteiger partial charge is 0.497 e. The Morgan fingerprint density at radius 2 is 1.96 bits per heavy atom. The first-order valence-electron chi connectivity index (χ1n) is 7.28. The van der Waals surface area contributed by atoms with Gasteiger partial charge in [0.05, 0.1) is 19.1 Å². The van der Waals surface area contributed by atoms with Crippen molar-refractivity contribution in [2.24, 2.45) is 5.92 Å². The summed E-state index contributed by atoms with van der Waals surface area (Å²) in [6, 6.07) is 5.72. The number of ether oxygens (including phenoxy) is 1. The lowest BCUT2D eigenvalue weighted by Gasteiger charge is -2.25. The number of rotatable bonds is 5. The zero-order valence-corrected chi connectivity index (χ0v) is 13.3. The van der Waals surface area contributed by atoms with E-state index >= 15 is 0 Å². The van der Waals surface area contributed by atoms with Crippen LogP contribution in [0.5, 0.6) is 5.75 Å².